The monoisotopic (exact) mass is 362 g/mol. The molecule has 3 rings (SSSR count). The number of fused-ring (bicyclic) bond motifs is 1. The number of hydrogen-bond donors (Lipinski definition) is 4. The maximum Gasteiger partial charge on any atom is 0.416 e. The van der Waals surface area contributed by atoms with Gasteiger partial charge in [0, 0.05) is 0 Å². The van der Waals surface area contributed by atoms with Crippen molar-refractivity contribution in [3.63, 3.8) is 0 Å². The number of aromatic nitrogens is 2. The highest BCUT2D eigenvalue weighted by Crippen LogP contribution is 2.30. The second-order valence-electron chi connectivity index (χ2n) is 5.67. The zero-order chi connectivity index (χ0) is 18.9. The largest absolute Gasteiger partial charge is 0.416 e. The fourth-order valence-corrected chi connectivity index (χ4v) is 2.33. The molecule has 1 aromatic heterocycles. The van der Waals surface area contributed by atoms with Crippen molar-refractivity contribution in [1.82, 2.24) is 9.97 Å². The number of halogens is 3. The summed E-state index contributed by atoms with van der Waals surface area (Å²) >= 11 is 0. The third-order valence-electron chi connectivity index (χ3n) is 3.62. The maximum atomic E-state index is 12.8. The molecule has 0 aliphatic rings. The molecule has 0 saturated heterocycles. The van der Waals surface area contributed by atoms with E-state index in [2.05, 4.69) is 20.3 Å². The molecule has 0 aliphatic carbocycles. The fourth-order valence-electron chi connectivity index (χ4n) is 2.33. The van der Waals surface area contributed by atoms with Crippen LogP contribution in [0.1, 0.15) is 11.1 Å². The molecule has 2 aromatic carbocycles. The van der Waals surface area contributed by atoms with Crippen LogP contribution in [0.25, 0.3) is 10.9 Å². The Balaban J connectivity index is 1.96. The Kier molecular flexibility index (Phi) is 4.37. The number of alkyl halides is 3. The predicted octanol–water partition coefficient (Wildman–Crippen LogP) is 1.39. The van der Waals surface area contributed by atoms with Crippen LogP contribution in [0.4, 0.5) is 24.8 Å². The first-order valence-corrected chi connectivity index (χ1v) is 7.57. The SMILES string of the molecule is Cc1ccc(NC(N)=[NH+]c2nc3cc(C(F)(F)F)ccc3c(=O)[nH]2)cc1. The van der Waals surface area contributed by atoms with E-state index < -0.39 is 17.3 Å². The van der Waals surface area contributed by atoms with E-state index in [1.54, 1.807) is 12.1 Å². The molecular formula is C17H15F3N5O+. The number of benzene rings is 2. The summed E-state index contributed by atoms with van der Waals surface area (Å²) in [5.41, 5.74) is 6.04. The Morgan fingerprint density at radius 2 is 1.88 bits per heavy atom. The molecule has 0 aliphatic heterocycles. The molecule has 5 N–H and O–H groups in total. The Bertz CT molecular complexity index is 1040. The summed E-state index contributed by atoms with van der Waals surface area (Å²) in [6.45, 7) is 1.94. The van der Waals surface area contributed by atoms with Gasteiger partial charge in [-0.1, -0.05) is 17.7 Å². The summed E-state index contributed by atoms with van der Waals surface area (Å²) in [5, 5.41) is 2.91. The van der Waals surface area contributed by atoms with Crippen LogP contribution >= 0.6 is 0 Å². The van der Waals surface area contributed by atoms with E-state index in [0.29, 0.717) is 5.69 Å². The van der Waals surface area contributed by atoms with Crippen molar-refractivity contribution >= 4 is 28.5 Å². The van der Waals surface area contributed by atoms with E-state index in [-0.39, 0.29) is 22.8 Å². The lowest BCUT2D eigenvalue weighted by Gasteiger charge is -2.06. The van der Waals surface area contributed by atoms with Crippen molar-refractivity contribution < 1.29 is 18.2 Å². The van der Waals surface area contributed by atoms with E-state index in [1.807, 2.05) is 19.1 Å². The molecule has 0 amide bonds. The van der Waals surface area contributed by atoms with Crippen LogP contribution in [0.3, 0.4) is 0 Å². The first kappa shape index (κ1) is 17.5. The molecule has 0 atom stereocenters. The second kappa shape index (κ2) is 6.51. The first-order chi connectivity index (χ1) is 12.2. The van der Waals surface area contributed by atoms with Crippen molar-refractivity contribution in [3.05, 3.63) is 63.9 Å². The van der Waals surface area contributed by atoms with Crippen molar-refractivity contribution in [1.29, 1.82) is 0 Å². The minimum atomic E-state index is -4.52. The molecular weight excluding hydrogens is 347 g/mol. The van der Waals surface area contributed by atoms with Gasteiger partial charge in [-0.3, -0.25) is 10.1 Å². The number of H-pyrrole nitrogens is 1. The number of aromatic amines is 1. The average Bonchev–Trinajstić information content (AvgIpc) is 2.55. The summed E-state index contributed by atoms with van der Waals surface area (Å²) in [7, 11) is 0. The van der Waals surface area contributed by atoms with Gasteiger partial charge in [-0.05, 0) is 37.3 Å². The average molecular weight is 362 g/mol. The van der Waals surface area contributed by atoms with Gasteiger partial charge >= 0.3 is 12.1 Å². The Hall–Kier alpha value is -3.36. The number of nitrogens with one attached hydrogen (secondary N) is 3. The lowest BCUT2D eigenvalue weighted by Crippen LogP contribution is -2.73. The number of aryl methyl sites for hydroxylation is 1. The summed E-state index contributed by atoms with van der Waals surface area (Å²) in [6, 6.07) is 10.1. The van der Waals surface area contributed by atoms with Crippen molar-refractivity contribution in [3.8, 4) is 0 Å². The number of anilines is 1. The van der Waals surface area contributed by atoms with Gasteiger partial charge in [-0.15, -0.1) is 4.98 Å². The van der Waals surface area contributed by atoms with Gasteiger partial charge < -0.3 is 5.73 Å². The molecule has 9 heteroatoms. The zero-order valence-electron chi connectivity index (χ0n) is 13.6. The Morgan fingerprint density at radius 3 is 2.54 bits per heavy atom. The van der Waals surface area contributed by atoms with Gasteiger partial charge in [0.05, 0.1) is 16.6 Å². The normalized spacial score (nSPS) is 12.4. The topological polar surface area (TPSA) is 97.8 Å². The zero-order valence-corrected chi connectivity index (χ0v) is 13.6. The summed E-state index contributed by atoms with van der Waals surface area (Å²) in [5.74, 6) is -0.0118. The molecule has 0 radical (unpaired) electrons. The van der Waals surface area contributed by atoms with Crippen molar-refractivity contribution in [2.45, 2.75) is 13.1 Å². The second-order valence-corrected chi connectivity index (χ2v) is 5.67. The minimum Gasteiger partial charge on any atom is -0.322 e. The molecule has 0 bridgehead atoms. The van der Waals surface area contributed by atoms with Crippen molar-refractivity contribution in [2.75, 3.05) is 5.32 Å². The molecule has 1 heterocycles. The fraction of sp³-hybridized carbons (Fsp3) is 0.118. The van der Waals surface area contributed by atoms with Crippen LogP contribution in [-0.4, -0.2) is 15.9 Å². The predicted molar refractivity (Wildman–Crippen MR) is 92.0 cm³/mol. The number of hydrogen-bond acceptors (Lipinski definition) is 2. The molecule has 26 heavy (non-hydrogen) atoms. The quantitative estimate of drug-likeness (QED) is 0.409. The maximum absolute atomic E-state index is 12.8. The summed E-state index contributed by atoms with van der Waals surface area (Å²) < 4.78 is 38.5. The highest BCUT2D eigenvalue weighted by Gasteiger charge is 2.31. The van der Waals surface area contributed by atoms with Crippen LogP contribution in [0.2, 0.25) is 0 Å². The van der Waals surface area contributed by atoms with E-state index >= 15 is 0 Å². The molecule has 3 aromatic rings. The first-order valence-electron chi connectivity index (χ1n) is 7.57. The van der Waals surface area contributed by atoms with Gasteiger partial charge in [0.1, 0.15) is 5.52 Å². The van der Waals surface area contributed by atoms with Gasteiger partial charge in [-0.2, -0.15) is 13.2 Å². The minimum absolute atomic E-state index is 0.0496. The molecule has 134 valence electrons. The molecule has 0 fully saturated rings. The third kappa shape index (κ3) is 3.82. The molecule has 0 unspecified atom stereocenters. The van der Waals surface area contributed by atoms with Gasteiger partial charge in [-0.25, -0.2) is 9.98 Å². The molecule has 6 nitrogen and oxygen atoms in total. The third-order valence-corrected chi connectivity index (χ3v) is 3.62. The molecule has 0 saturated carbocycles. The number of nitrogens with zero attached hydrogens (tertiary/aromatic N) is 1. The lowest BCUT2D eigenvalue weighted by atomic mass is 10.1. The van der Waals surface area contributed by atoms with E-state index in [1.165, 1.54) is 0 Å². The Morgan fingerprint density at radius 1 is 1.19 bits per heavy atom. The highest BCUT2D eigenvalue weighted by atomic mass is 19.4. The lowest BCUT2D eigenvalue weighted by molar-refractivity contribution is -0.365. The smallest absolute Gasteiger partial charge is 0.322 e. The van der Waals surface area contributed by atoms with Crippen LogP contribution < -0.4 is 21.6 Å². The van der Waals surface area contributed by atoms with Crippen LogP contribution in [0.15, 0.2) is 47.3 Å². The highest BCUT2D eigenvalue weighted by molar-refractivity contribution is 5.88. The van der Waals surface area contributed by atoms with E-state index in [0.717, 1.165) is 23.8 Å². The van der Waals surface area contributed by atoms with E-state index in [9.17, 15) is 18.0 Å². The number of nitrogens with two attached hydrogens (primary N) is 1. The van der Waals surface area contributed by atoms with Gasteiger partial charge in [0.2, 0.25) is 0 Å². The summed E-state index contributed by atoms with van der Waals surface area (Å²) in [4.78, 5) is 21.1. The van der Waals surface area contributed by atoms with Crippen LogP contribution in [0, 0.1) is 6.92 Å². The van der Waals surface area contributed by atoms with E-state index in [4.69, 9.17) is 5.73 Å². The standard InChI is InChI=1S/C17H14F3N5O/c1-9-2-5-11(6-3-9)22-15(21)25-16-23-13-8-10(17(18,19)20)4-7-12(13)14(26)24-16/h2-8H,1H3,(H4,21,22,23,24,25,26)/p+1. The Labute approximate surface area is 145 Å². The van der Waals surface area contributed by atoms with Crippen molar-refractivity contribution in [2.24, 2.45) is 5.73 Å². The van der Waals surface area contributed by atoms with Gasteiger partial charge in [0.25, 0.3) is 11.5 Å². The van der Waals surface area contributed by atoms with Crippen LogP contribution in [0.5, 0.6) is 0 Å². The number of guanidine groups is 1. The summed E-state index contributed by atoms with van der Waals surface area (Å²) in [6.07, 6.45) is -4.52. The van der Waals surface area contributed by atoms with Gasteiger partial charge in [0.15, 0.2) is 0 Å². The molecule has 0 spiro atoms. The number of rotatable bonds is 2. The van der Waals surface area contributed by atoms with Crippen LogP contribution in [-0.2, 0) is 6.18 Å².